The molecule has 0 spiro atoms. The molecule has 0 fully saturated rings. The molecule has 14 heavy (non-hydrogen) atoms. The molecule has 0 amide bonds. The molecule has 2 rings (SSSR count). The van der Waals surface area contributed by atoms with E-state index in [0.717, 1.165) is 11.9 Å². The fourth-order valence-electron chi connectivity index (χ4n) is 1.66. The van der Waals surface area contributed by atoms with Crippen molar-refractivity contribution >= 4 is 26.7 Å². The van der Waals surface area contributed by atoms with Crippen LogP contribution in [0.15, 0.2) is 36.7 Å². The first-order valence-electron chi connectivity index (χ1n) is 5.00. The standard InChI is InChI=1S/C12H14BrN/c13-7-3-4-8-14-9-11-5-1-2-6-12(11)10-14/h1-2,5-6,9-10H,3-4,7-8H2. The lowest BCUT2D eigenvalue weighted by Gasteiger charge is -1.99. The molecule has 0 saturated heterocycles. The average molecular weight is 252 g/mol. The van der Waals surface area contributed by atoms with Gasteiger partial charge in [-0.3, -0.25) is 0 Å². The number of aryl methyl sites for hydroxylation is 1. The van der Waals surface area contributed by atoms with Crippen LogP contribution < -0.4 is 0 Å². The van der Waals surface area contributed by atoms with E-state index in [1.807, 2.05) is 0 Å². The molecule has 0 saturated carbocycles. The third-order valence-electron chi connectivity index (χ3n) is 2.41. The second-order valence-electron chi connectivity index (χ2n) is 3.52. The minimum atomic E-state index is 1.10. The van der Waals surface area contributed by atoms with E-state index in [4.69, 9.17) is 0 Å². The van der Waals surface area contributed by atoms with Crippen LogP contribution in [0.1, 0.15) is 12.8 Å². The van der Waals surface area contributed by atoms with Crippen LogP contribution in [0.25, 0.3) is 10.8 Å². The Labute approximate surface area is 92.9 Å². The van der Waals surface area contributed by atoms with Gasteiger partial charge < -0.3 is 4.57 Å². The molecule has 0 aliphatic heterocycles. The summed E-state index contributed by atoms with van der Waals surface area (Å²) >= 11 is 3.45. The summed E-state index contributed by atoms with van der Waals surface area (Å²) in [6, 6.07) is 8.50. The lowest BCUT2D eigenvalue weighted by Crippen LogP contribution is -1.93. The Kier molecular flexibility index (Phi) is 3.25. The number of aromatic nitrogens is 1. The van der Waals surface area contributed by atoms with Gasteiger partial charge in [0.25, 0.3) is 0 Å². The van der Waals surface area contributed by atoms with Crippen LogP contribution in [0.2, 0.25) is 0 Å². The van der Waals surface area contributed by atoms with E-state index in [1.54, 1.807) is 0 Å². The second-order valence-corrected chi connectivity index (χ2v) is 4.31. The van der Waals surface area contributed by atoms with Gasteiger partial charge in [0, 0.05) is 24.3 Å². The van der Waals surface area contributed by atoms with Gasteiger partial charge in [-0.15, -0.1) is 0 Å². The highest BCUT2D eigenvalue weighted by Crippen LogP contribution is 2.14. The molecule has 0 unspecified atom stereocenters. The first kappa shape index (κ1) is 9.78. The fourth-order valence-corrected chi connectivity index (χ4v) is 2.06. The van der Waals surface area contributed by atoms with E-state index in [9.17, 15) is 0 Å². The van der Waals surface area contributed by atoms with E-state index < -0.39 is 0 Å². The maximum atomic E-state index is 3.45. The highest BCUT2D eigenvalue weighted by Gasteiger charge is 1.96. The van der Waals surface area contributed by atoms with Crippen molar-refractivity contribution in [1.82, 2.24) is 4.57 Å². The normalized spacial score (nSPS) is 10.9. The summed E-state index contributed by atoms with van der Waals surface area (Å²) in [5.41, 5.74) is 0. The Morgan fingerprint density at radius 1 is 1.00 bits per heavy atom. The molecule has 1 heterocycles. The zero-order chi connectivity index (χ0) is 9.80. The van der Waals surface area contributed by atoms with Gasteiger partial charge in [0.2, 0.25) is 0 Å². The van der Waals surface area contributed by atoms with Crippen molar-refractivity contribution in [1.29, 1.82) is 0 Å². The van der Waals surface area contributed by atoms with Crippen LogP contribution in [0.4, 0.5) is 0 Å². The first-order chi connectivity index (χ1) is 6.90. The predicted octanol–water partition coefficient (Wildman–Crippen LogP) is 3.82. The Bertz CT molecular complexity index is 372. The van der Waals surface area contributed by atoms with Gasteiger partial charge >= 0.3 is 0 Å². The first-order valence-corrected chi connectivity index (χ1v) is 6.13. The summed E-state index contributed by atoms with van der Waals surface area (Å²) in [5.74, 6) is 0. The van der Waals surface area contributed by atoms with Crippen LogP contribution >= 0.6 is 15.9 Å². The summed E-state index contributed by atoms with van der Waals surface area (Å²) in [6.45, 7) is 1.13. The third-order valence-corrected chi connectivity index (χ3v) is 2.97. The monoisotopic (exact) mass is 251 g/mol. The molecule has 2 aromatic rings. The summed E-state index contributed by atoms with van der Waals surface area (Å²) in [4.78, 5) is 0. The molecule has 0 N–H and O–H groups in total. The zero-order valence-corrected chi connectivity index (χ0v) is 9.70. The molecule has 1 aromatic carbocycles. The molecular weight excluding hydrogens is 238 g/mol. The van der Waals surface area contributed by atoms with Gasteiger partial charge in [0.1, 0.15) is 0 Å². The van der Waals surface area contributed by atoms with Crippen LogP contribution in [-0.2, 0) is 6.54 Å². The predicted molar refractivity (Wildman–Crippen MR) is 65.0 cm³/mol. The van der Waals surface area contributed by atoms with Crippen molar-refractivity contribution < 1.29 is 0 Å². The SMILES string of the molecule is BrCCCCn1cc2ccccc2c1. The molecule has 0 aliphatic rings. The molecule has 0 aliphatic carbocycles. The Hall–Kier alpha value is -0.760. The number of nitrogens with zero attached hydrogens (tertiary/aromatic N) is 1. The lowest BCUT2D eigenvalue weighted by atomic mass is 10.2. The van der Waals surface area contributed by atoms with Crippen molar-refractivity contribution in [2.45, 2.75) is 19.4 Å². The van der Waals surface area contributed by atoms with Gasteiger partial charge in [-0.05, 0) is 23.6 Å². The lowest BCUT2D eigenvalue weighted by molar-refractivity contribution is 0.641. The second kappa shape index (κ2) is 4.65. The fraction of sp³-hybridized carbons (Fsp3) is 0.333. The van der Waals surface area contributed by atoms with E-state index >= 15 is 0 Å². The van der Waals surface area contributed by atoms with E-state index in [-0.39, 0.29) is 0 Å². The number of unbranched alkanes of at least 4 members (excludes halogenated alkanes) is 1. The van der Waals surface area contributed by atoms with Crippen LogP contribution in [0.5, 0.6) is 0 Å². The van der Waals surface area contributed by atoms with Crippen molar-refractivity contribution in [2.24, 2.45) is 0 Å². The molecule has 0 radical (unpaired) electrons. The Morgan fingerprint density at radius 3 is 2.21 bits per heavy atom. The maximum Gasteiger partial charge on any atom is 0.0220 e. The highest BCUT2D eigenvalue weighted by atomic mass is 79.9. The summed E-state index contributed by atoms with van der Waals surface area (Å²) in [7, 11) is 0. The van der Waals surface area contributed by atoms with Crippen molar-refractivity contribution in [2.75, 3.05) is 5.33 Å². The number of alkyl halides is 1. The van der Waals surface area contributed by atoms with Crippen LogP contribution in [0.3, 0.4) is 0 Å². The number of hydrogen-bond donors (Lipinski definition) is 0. The molecule has 1 nitrogen and oxygen atoms in total. The molecule has 0 atom stereocenters. The number of hydrogen-bond acceptors (Lipinski definition) is 0. The minimum Gasteiger partial charge on any atom is -0.353 e. The van der Waals surface area contributed by atoms with Gasteiger partial charge in [-0.25, -0.2) is 0 Å². The van der Waals surface area contributed by atoms with E-state index in [1.165, 1.54) is 23.6 Å². The van der Waals surface area contributed by atoms with Crippen molar-refractivity contribution in [3.63, 3.8) is 0 Å². The Morgan fingerprint density at radius 2 is 1.64 bits per heavy atom. The van der Waals surface area contributed by atoms with E-state index in [2.05, 4.69) is 57.2 Å². The smallest absolute Gasteiger partial charge is 0.0220 e. The van der Waals surface area contributed by atoms with Crippen LogP contribution in [-0.4, -0.2) is 9.90 Å². The minimum absolute atomic E-state index is 1.10. The molecule has 74 valence electrons. The van der Waals surface area contributed by atoms with Crippen LogP contribution in [0, 0.1) is 0 Å². The number of halogens is 1. The zero-order valence-electron chi connectivity index (χ0n) is 8.12. The third kappa shape index (κ3) is 2.18. The van der Waals surface area contributed by atoms with Gasteiger partial charge in [0.15, 0.2) is 0 Å². The summed E-state index contributed by atoms with van der Waals surface area (Å²) < 4.78 is 2.29. The van der Waals surface area contributed by atoms with Crippen molar-refractivity contribution in [3.8, 4) is 0 Å². The number of rotatable bonds is 4. The number of benzene rings is 1. The molecule has 1 aromatic heterocycles. The number of fused-ring (bicyclic) bond motifs is 1. The maximum absolute atomic E-state index is 3.45. The Balaban J connectivity index is 2.11. The van der Waals surface area contributed by atoms with Crippen molar-refractivity contribution in [3.05, 3.63) is 36.7 Å². The summed E-state index contributed by atoms with van der Waals surface area (Å²) in [5, 5.41) is 3.78. The van der Waals surface area contributed by atoms with Gasteiger partial charge in [0.05, 0.1) is 0 Å². The topological polar surface area (TPSA) is 4.93 Å². The molecule has 0 bridgehead atoms. The average Bonchev–Trinajstić information content (AvgIpc) is 2.60. The molecular formula is C12H14BrN. The largest absolute Gasteiger partial charge is 0.353 e. The van der Waals surface area contributed by atoms with Gasteiger partial charge in [-0.2, -0.15) is 0 Å². The summed E-state index contributed by atoms with van der Waals surface area (Å²) in [6.07, 6.45) is 6.94. The highest BCUT2D eigenvalue weighted by molar-refractivity contribution is 9.09. The van der Waals surface area contributed by atoms with E-state index in [0.29, 0.717) is 0 Å². The van der Waals surface area contributed by atoms with Gasteiger partial charge in [-0.1, -0.05) is 40.2 Å². The quantitative estimate of drug-likeness (QED) is 0.576. The molecule has 2 heteroatoms.